The van der Waals surface area contributed by atoms with Crippen LogP contribution < -0.4 is 4.74 Å². The van der Waals surface area contributed by atoms with Crippen LogP contribution in [0.4, 0.5) is 0 Å². The normalized spacial score (nSPS) is 26.1. The zero-order valence-corrected chi connectivity index (χ0v) is 20.1. The van der Waals surface area contributed by atoms with Crippen LogP contribution in [0.5, 0.6) is 5.88 Å². The Morgan fingerprint density at radius 3 is 2.71 bits per heavy atom. The summed E-state index contributed by atoms with van der Waals surface area (Å²) in [5, 5.41) is 10.7. The zero-order valence-electron chi connectivity index (χ0n) is 20.1. The molecule has 6 heteroatoms. The first-order chi connectivity index (χ1) is 17.0. The lowest BCUT2D eigenvalue weighted by Crippen LogP contribution is -2.46. The highest BCUT2D eigenvalue weighted by Crippen LogP contribution is 2.51. The molecule has 0 amide bonds. The van der Waals surface area contributed by atoms with Crippen LogP contribution in [0.25, 0.3) is 22.3 Å². The molecule has 0 bridgehead atoms. The van der Waals surface area contributed by atoms with E-state index in [2.05, 4.69) is 18.0 Å². The number of fused-ring (bicyclic) bond motifs is 4. The fourth-order valence-corrected chi connectivity index (χ4v) is 6.41. The number of ether oxygens (including phenoxy) is 1. The Balaban J connectivity index is 1.59. The second-order valence-electron chi connectivity index (χ2n) is 10.3. The van der Waals surface area contributed by atoms with Gasteiger partial charge in [0.15, 0.2) is 11.6 Å². The number of benzene rings is 1. The van der Waals surface area contributed by atoms with Crippen molar-refractivity contribution in [2.45, 2.75) is 63.9 Å². The summed E-state index contributed by atoms with van der Waals surface area (Å²) < 4.78 is 6.55. The van der Waals surface area contributed by atoms with Crippen LogP contribution in [-0.4, -0.2) is 26.8 Å². The first kappa shape index (κ1) is 21.9. The molecule has 3 aromatic rings. The quantitative estimate of drug-likeness (QED) is 0.508. The second kappa shape index (κ2) is 8.27. The molecule has 3 atom stereocenters. The van der Waals surface area contributed by atoms with E-state index in [0.717, 1.165) is 53.4 Å². The van der Waals surface area contributed by atoms with Crippen molar-refractivity contribution in [3.8, 4) is 23.3 Å². The maximum absolute atomic E-state index is 12.8. The maximum atomic E-state index is 12.8. The molecular formula is C29H28N4O2. The molecule has 1 saturated carbocycles. The van der Waals surface area contributed by atoms with Crippen molar-refractivity contribution >= 4 is 16.7 Å². The number of pyridine rings is 1. The number of hydrogen-bond acceptors (Lipinski definition) is 6. The van der Waals surface area contributed by atoms with Gasteiger partial charge in [-0.2, -0.15) is 10.2 Å². The Bertz CT molecular complexity index is 1410. The van der Waals surface area contributed by atoms with Crippen LogP contribution in [0.2, 0.25) is 0 Å². The highest BCUT2D eigenvalue weighted by molar-refractivity contribution is 6.02. The van der Waals surface area contributed by atoms with Crippen molar-refractivity contribution in [2.24, 2.45) is 11.8 Å². The van der Waals surface area contributed by atoms with Crippen molar-refractivity contribution in [2.75, 3.05) is 0 Å². The number of para-hydroxylation sites is 1. The molecule has 2 heterocycles. The minimum Gasteiger partial charge on any atom is -0.474 e. The Morgan fingerprint density at radius 2 is 1.91 bits per heavy atom. The Hall–Kier alpha value is -3.59. The number of carbonyl (C=O) groups is 1. The van der Waals surface area contributed by atoms with Gasteiger partial charge >= 0.3 is 0 Å². The van der Waals surface area contributed by atoms with Gasteiger partial charge in [0.05, 0.1) is 16.8 Å². The van der Waals surface area contributed by atoms with Gasteiger partial charge in [-0.25, -0.2) is 4.98 Å². The van der Waals surface area contributed by atoms with E-state index in [1.54, 1.807) is 6.20 Å². The van der Waals surface area contributed by atoms with E-state index in [4.69, 9.17) is 14.7 Å². The second-order valence-corrected chi connectivity index (χ2v) is 10.3. The largest absolute Gasteiger partial charge is 0.474 e. The van der Waals surface area contributed by atoms with Crippen LogP contribution in [0.1, 0.15) is 57.2 Å². The van der Waals surface area contributed by atoms with E-state index >= 15 is 0 Å². The predicted octanol–water partition coefficient (Wildman–Crippen LogP) is 5.50. The van der Waals surface area contributed by atoms with E-state index in [1.165, 1.54) is 12.8 Å². The number of rotatable bonds is 3. The number of nitrogens with zero attached hydrogens (tertiary/aromatic N) is 4. The fraction of sp³-hybridized carbons (Fsp3) is 0.414. The summed E-state index contributed by atoms with van der Waals surface area (Å²) in [5.41, 5.74) is 3.40. The number of aromatic nitrogens is 3. The molecule has 3 aliphatic carbocycles. The van der Waals surface area contributed by atoms with E-state index in [-0.39, 0.29) is 29.3 Å². The number of Topliss-reactive ketones (excluding diaryl/α,β-unsaturated/α-hetero) is 1. The molecule has 1 fully saturated rings. The minimum absolute atomic E-state index is 0.0599. The lowest BCUT2D eigenvalue weighted by Gasteiger charge is -2.45. The lowest BCUT2D eigenvalue weighted by molar-refractivity contribution is -0.121. The first-order valence-corrected chi connectivity index (χ1v) is 12.6. The summed E-state index contributed by atoms with van der Waals surface area (Å²) in [5.74, 6) is 1.06. The van der Waals surface area contributed by atoms with Crippen molar-refractivity contribution in [1.29, 1.82) is 5.26 Å². The monoisotopic (exact) mass is 464 g/mol. The van der Waals surface area contributed by atoms with Crippen LogP contribution >= 0.6 is 0 Å². The Morgan fingerprint density at radius 1 is 1.11 bits per heavy atom. The molecule has 1 aromatic carbocycles. The average Bonchev–Trinajstić information content (AvgIpc) is 3.39. The third-order valence-corrected chi connectivity index (χ3v) is 8.27. The molecule has 0 aliphatic heterocycles. The van der Waals surface area contributed by atoms with Gasteiger partial charge < -0.3 is 4.74 Å². The molecule has 176 valence electrons. The Labute approximate surface area is 205 Å². The highest BCUT2D eigenvalue weighted by Gasteiger charge is 2.50. The maximum Gasteiger partial charge on any atom is 0.220 e. The van der Waals surface area contributed by atoms with Crippen LogP contribution in [-0.2, 0) is 16.6 Å². The smallest absolute Gasteiger partial charge is 0.220 e. The SMILES string of the molecule is CC1C(=O)C(C#N)=C[C@@]2(C)c3nc(-c4ccnc5ccccc45)nc(OC4CCCC4)c3CCC12. The minimum atomic E-state index is -0.541. The summed E-state index contributed by atoms with van der Waals surface area (Å²) in [6.45, 7) is 4.08. The lowest BCUT2D eigenvalue weighted by atomic mass is 9.58. The van der Waals surface area contributed by atoms with Crippen LogP contribution in [0, 0.1) is 23.2 Å². The zero-order chi connectivity index (χ0) is 24.2. The number of ketones is 1. The van der Waals surface area contributed by atoms with Crippen LogP contribution in [0.3, 0.4) is 0 Å². The van der Waals surface area contributed by atoms with Gasteiger partial charge in [0, 0.05) is 34.0 Å². The van der Waals surface area contributed by atoms with Gasteiger partial charge in [0.2, 0.25) is 5.88 Å². The third kappa shape index (κ3) is 3.44. The van der Waals surface area contributed by atoms with Crippen molar-refractivity contribution in [1.82, 2.24) is 15.0 Å². The van der Waals surface area contributed by atoms with Gasteiger partial charge in [-0.05, 0) is 56.6 Å². The standard InChI is InChI=1S/C29H28N4O2/c1-17-23-12-11-22-26(29(23,2)15-18(16-30)25(17)34)32-27(33-28(22)35-19-7-3-4-8-19)21-13-14-31-24-10-6-5-9-20(21)24/h5-6,9-10,13-15,17,19,23H,3-4,7-8,11-12H2,1-2H3/t17?,23?,29-/m1/s1. The Kier molecular flexibility index (Phi) is 5.17. The summed E-state index contributed by atoms with van der Waals surface area (Å²) in [7, 11) is 0. The summed E-state index contributed by atoms with van der Waals surface area (Å²) in [6, 6.07) is 12.1. The molecule has 6 nitrogen and oxygen atoms in total. The highest BCUT2D eigenvalue weighted by atomic mass is 16.5. The van der Waals surface area contributed by atoms with Crippen molar-refractivity contribution in [3.63, 3.8) is 0 Å². The van der Waals surface area contributed by atoms with Gasteiger partial charge in [-0.3, -0.25) is 9.78 Å². The van der Waals surface area contributed by atoms with Gasteiger partial charge in [0.1, 0.15) is 12.2 Å². The molecule has 6 rings (SSSR count). The molecule has 0 radical (unpaired) electrons. The predicted molar refractivity (Wildman–Crippen MR) is 133 cm³/mol. The molecule has 0 N–H and O–H groups in total. The molecule has 0 saturated heterocycles. The molecule has 35 heavy (non-hydrogen) atoms. The van der Waals surface area contributed by atoms with E-state index in [0.29, 0.717) is 11.7 Å². The molecule has 0 spiro atoms. The van der Waals surface area contributed by atoms with E-state index in [9.17, 15) is 10.1 Å². The summed E-state index contributed by atoms with van der Waals surface area (Å²) in [4.78, 5) is 27.5. The third-order valence-electron chi connectivity index (χ3n) is 8.27. The summed E-state index contributed by atoms with van der Waals surface area (Å²) in [6.07, 6.45) is 9.85. The van der Waals surface area contributed by atoms with Gasteiger partial charge in [-0.1, -0.05) is 38.1 Å². The topological polar surface area (TPSA) is 88.8 Å². The number of allylic oxidation sites excluding steroid dienone is 2. The first-order valence-electron chi connectivity index (χ1n) is 12.6. The van der Waals surface area contributed by atoms with E-state index < -0.39 is 5.41 Å². The van der Waals surface area contributed by atoms with Gasteiger partial charge in [-0.15, -0.1) is 0 Å². The van der Waals surface area contributed by atoms with Gasteiger partial charge in [0.25, 0.3) is 0 Å². The molecule has 3 aliphatic rings. The number of carbonyl (C=O) groups excluding carboxylic acids is 1. The number of hydrogen-bond donors (Lipinski definition) is 0. The molecule has 2 aromatic heterocycles. The van der Waals surface area contributed by atoms with Crippen molar-refractivity contribution < 1.29 is 9.53 Å². The molecule has 2 unspecified atom stereocenters. The van der Waals surface area contributed by atoms with Crippen molar-refractivity contribution in [3.05, 3.63) is 59.4 Å². The van der Waals surface area contributed by atoms with Crippen LogP contribution in [0.15, 0.2) is 48.2 Å². The van der Waals surface area contributed by atoms with E-state index in [1.807, 2.05) is 43.3 Å². The average molecular weight is 465 g/mol. The summed E-state index contributed by atoms with van der Waals surface area (Å²) >= 11 is 0. The fourth-order valence-electron chi connectivity index (χ4n) is 6.41. The molecular weight excluding hydrogens is 436 g/mol. The number of nitriles is 1.